The first-order valence-corrected chi connectivity index (χ1v) is 6.62. The van der Waals surface area contributed by atoms with E-state index in [0.29, 0.717) is 0 Å². The van der Waals surface area contributed by atoms with Gasteiger partial charge in [-0.1, -0.05) is 12.1 Å². The molecule has 0 saturated carbocycles. The number of nitrogens with zero attached hydrogens (tertiary/aromatic N) is 2. The maximum atomic E-state index is 8.74. The molecule has 0 amide bonds. The summed E-state index contributed by atoms with van der Waals surface area (Å²) in [6.45, 7) is 4.04. The standard InChI is InChI=1S/2C6H7N.H2O4S/c2*1-6-3-2-4-7-5-6;1-5(2,3)4/h2*2-5H,1H3;(H2,1,2,3,4). The normalized spacial score (nSPS) is 9.47. The second-order valence-corrected chi connectivity index (χ2v) is 4.40. The van der Waals surface area contributed by atoms with Crippen LogP contribution in [0, 0.1) is 13.8 Å². The first-order chi connectivity index (χ1) is 8.79. The zero-order valence-corrected chi connectivity index (χ0v) is 11.4. The van der Waals surface area contributed by atoms with Crippen molar-refractivity contribution in [1.29, 1.82) is 0 Å². The van der Waals surface area contributed by atoms with Gasteiger partial charge in [0.25, 0.3) is 0 Å². The fourth-order valence-corrected chi connectivity index (χ4v) is 0.896. The molecule has 0 aliphatic carbocycles. The molecular weight excluding hydrogens is 268 g/mol. The molecule has 104 valence electrons. The Morgan fingerprint density at radius 1 is 0.895 bits per heavy atom. The van der Waals surface area contributed by atoms with Crippen LogP contribution < -0.4 is 0 Å². The van der Waals surface area contributed by atoms with Crippen molar-refractivity contribution in [3.05, 3.63) is 60.2 Å². The predicted molar refractivity (Wildman–Crippen MR) is 72.1 cm³/mol. The van der Waals surface area contributed by atoms with Gasteiger partial charge in [0, 0.05) is 24.8 Å². The van der Waals surface area contributed by atoms with Crippen LogP contribution in [0.1, 0.15) is 11.1 Å². The van der Waals surface area contributed by atoms with Gasteiger partial charge in [-0.2, -0.15) is 8.42 Å². The van der Waals surface area contributed by atoms with E-state index in [1.807, 2.05) is 50.5 Å². The molecule has 0 unspecified atom stereocenters. The molecule has 2 N–H and O–H groups in total. The smallest absolute Gasteiger partial charge is 0.264 e. The average molecular weight is 284 g/mol. The van der Waals surface area contributed by atoms with Crippen molar-refractivity contribution in [2.45, 2.75) is 13.8 Å². The van der Waals surface area contributed by atoms with Crippen LogP contribution in [-0.4, -0.2) is 27.5 Å². The van der Waals surface area contributed by atoms with Crippen LogP contribution in [0.15, 0.2) is 49.1 Å². The third kappa shape index (κ3) is 16.2. The Kier molecular flexibility index (Phi) is 8.27. The number of hydrogen-bond donors (Lipinski definition) is 2. The summed E-state index contributed by atoms with van der Waals surface area (Å²) >= 11 is 0. The lowest BCUT2D eigenvalue weighted by Crippen LogP contribution is -1.89. The molecule has 2 heterocycles. The summed E-state index contributed by atoms with van der Waals surface area (Å²) < 4.78 is 31.6. The second-order valence-electron chi connectivity index (χ2n) is 3.51. The Balaban J connectivity index is 0.000000261. The second kappa shape index (κ2) is 9.15. The Morgan fingerprint density at radius 3 is 1.32 bits per heavy atom. The van der Waals surface area contributed by atoms with E-state index in [1.165, 1.54) is 11.1 Å². The summed E-state index contributed by atoms with van der Waals surface area (Å²) in [5, 5.41) is 0. The summed E-state index contributed by atoms with van der Waals surface area (Å²) in [5.74, 6) is 0. The van der Waals surface area contributed by atoms with Crippen LogP contribution >= 0.6 is 0 Å². The fraction of sp³-hybridized carbons (Fsp3) is 0.167. The molecule has 7 heteroatoms. The maximum absolute atomic E-state index is 8.74. The van der Waals surface area contributed by atoms with Gasteiger partial charge in [0.05, 0.1) is 0 Å². The average Bonchev–Trinajstić information content (AvgIpc) is 2.29. The van der Waals surface area contributed by atoms with E-state index in [0.717, 1.165) is 0 Å². The van der Waals surface area contributed by atoms with E-state index in [9.17, 15) is 0 Å². The van der Waals surface area contributed by atoms with Crippen molar-refractivity contribution in [3.8, 4) is 0 Å². The van der Waals surface area contributed by atoms with Gasteiger partial charge in [-0.05, 0) is 37.1 Å². The zero-order valence-electron chi connectivity index (χ0n) is 10.6. The summed E-state index contributed by atoms with van der Waals surface area (Å²) in [4.78, 5) is 7.77. The van der Waals surface area contributed by atoms with E-state index >= 15 is 0 Å². The number of aryl methyl sites for hydroxylation is 2. The van der Waals surface area contributed by atoms with Gasteiger partial charge in [0.1, 0.15) is 0 Å². The Hall–Kier alpha value is -1.83. The van der Waals surface area contributed by atoms with Crippen molar-refractivity contribution in [1.82, 2.24) is 9.97 Å². The number of hydrogen-bond acceptors (Lipinski definition) is 4. The fourth-order valence-electron chi connectivity index (χ4n) is 0.896. The van der Waals surface area contributed by atoms with Gasteiger partial charge < -0.3 is 0 Å². The van der Waals surface area contributed by atoms with Gasteiger partial charge in [-0.15, -0.1) is 0 Å². The number of pyridine rings is 2. The van der Waals surface area contributed by atoms with Crippen LogP contribution in [0.4, 0.5) is 0 Å². The van der Waals surface area contributed by atoms with Crippen molar-refractivity contribution >= 4 is 10.4 Å². The number of aromatic nitrogens is 2. The first kappa shape index (κ1) is 17.2. The highest BCUT2D eigenvalue weighted by molar-refractivity contribution is 7.79. The lowest BCUT2D eigenvalue weighted by Gasteiger charge is -1.82. The van der Waals surface area contributed by atoms with Crippen molar-refractivity contribution in [3.63, 3.8) is 0 Å². The minimum Gasteiger partial charge on any atom is -0.264 e. The van der Waals surface area contributed by atoms with E-state index in [-0.39, 0.29) is 0 Å². The van der Waals surface area contributed by atoms with E-state index in [4.69, 9.17) is 17.5 Å². The summed E-state index contributed by atoms with van der Waals surface area (Å²) in [6, 6.07) is 7.89. The third-order valence-electron chi connectivity index (χ3n) is 1.62. The lowest BCUT2D eigenvalue weighted by atomic mass is 10.3. The van der Waals surface area contributed by atoms with Crippen LogP contribution in [0.5, 0.6) is 0 Å². The molecule has 6 nitrogen and oxygen atoms in total. The van der Waals surface area contributed by atoms with Crippen molar-refractivity contribution in [2.24, 2.45) is 0 Å². The minimum absolute atomic E-state index is 1.21. The highest BCUT2D eigenvalue weighted by Crippen LogP contribution is 1.88. The van der Waals surface area contributed by atoms with Crippen molar-refractivity contribution in [2.75, 3.05) is 0 Å². The van der Waals surface area contributed by atoms with Gasteiger partial charge in [0.15, 0.2) is 0 Å². The molecule has 0 saturated heterocycles. The molecule has 2 rings (SSSR count). The monoisotopic (exact) mass is 284 g/mol. The minimum atomic E-state index is -4.67. The van der Waals surface area contributed by atoms with Crippen LogP contribution in [0.25, 0.3) is 0 Å². The quantitative estimate of drug-likeness (QED) is 0.719. The largest absolute Gasteiger partial charge is 0.394 e. The molecule has 0 aromatic carbocycles. The Bertz CT molecular complexity index is 499. The van der Waals surface area contributed by atoms with E-state index < -0.39 is 10.4 Å². The molecule has 0 spiro atoms. The third-order valence-corrected chi connectivity index (χ3v) is 1.62. The molecule has 2 aromatic heterocycles. The van der Waals surface area contributed by atoms with Crippen LogP contribution in [0.3, 0.4) is 0 Å². The summed E-state index contributed by atoms with van der Waals surface area (Å²) in [6.07, 6.45) is 7.21. The lowest BCUT2D eigenvalue weighted by molar-refractivity contribution is 0.381. The molecule has 19 heavy (non-hydrogen) atoms. The van der Waals surface area contributed by atoms with Crippen LogP contribution in [-0.2, 0) is 10.4 Å². The summed E-state index contributed by atoms with van der Waals surface area (Å²) in [5.41, 5.74) is 2.42. The summed E-state index contributed by atoms with van der Waals surface area (Å²) in [7, 11) is -4.67. The number of rotatable bonds is 0. The molecular formula is C12H16N2O4S. The first-order valence-electron chi connectivity index (χ1n) is 5.22. The molecule has 0 bridgehead atoms. The molecule has 0 radical (unpaired) electrons. The van der Waals surface area contributed by atoms with Gasteiger partial charge in [0.2, 0.25) is 0 Å². The van der Waals surface area contributed by atoms with Crippen molar-refractivity contribution < 1.29 is 17.5 Å². The van der Waals surface area contributed by atoms with Gasteiger partial charge in [-0.25, -0.2) is 0 Å². The predicted octanol–water partition coefficient (Wildman–Crippen LogP) is 2.13. The highest BCUT2D eigenvalue weighted by Gasteiger charge is 1.84. The van der Waals surface area contributed by atoms with Gasteiger partial charge in [-0.3, -0.25) is 19.1 Å². The topological polar surface area (TPSA) is 100 Å². The van der Waals surface area contributed by atoms with Gasteiger partial charge >= 0.3 is 10.4 Å². The van der Waals surface area contributed by atoms with E-state index in [1.54, 1.807) is 12.4 Å². The van der Waals surface area contributed by atoms with E-state index in [2.05, 4.69) is 9.97 Å². The molecule has 0 fully saturated rings. The molecule has 0 aliphatic heterocycles. The Labute approximate surface area is 112 Å². The highest BCUT2D eigenvalue weighted by atomic mass is 32.3. The van der Waals surface area contributed by atoms with Crippen LogP contribution in [0.2, 0.25) is 0 Å². The maximum Gasteiger partial charge on any atom is 0.394 e. The molecule has 2 aromatic rings. The molecule has 0 aliphatic rings. The molecule has 0 atom stereocenters. The Morgan fingerprint density at radius 2 is 1.21 bits per heavy atom. The SMILES string of the molecule is Cc1cccnc1.Cc1cccnc1.O=S(=O)(O)O. The zero-order chi connectivity index (χ0) is 14.7.